The van der Waals surface area contributed by atoms with Crippen molar-refractivity contribution in [3.8, 4) is 11.1 Å². The molecule has 4 rings (SSSR count). The van der Waals surface area contributed by atoms with E-state index in [1.54, 1.807) is 13.8 Å². The van der Waals surface area contributed by atoms with Crippen LogP contribution < -0.4 is 0 Å². The SMILES string of the molecule is CCN1C(=O)C(=C2c3cc([N+](=O)[O-])ccc3-c3cc([N+](=O)[O-])ccc32)C(=O)N(CC)C1=S. The number of hydrogen-bond acceptors (Lipinski definition) is 7. The molecule has 1 fully saturated rings. The molecule has 1 saturated heterocycles. The number of amides is 2. The maximum absolute atomic E-state index is 13.3. The van der Waals surface area contributed by atoms with Crippen LogP contribution in [0.15, 0.2) is 42.0 Å². The van der Waals surface area contributed by atoms with Crippen LogP contribution in [0.3, 0.4) is 0 Å². The number of rotatable bonds is 4. The van der Waals surface area contributed by atoms with E-state index in [2.05, 4.69) is 0 Å². The second-order valence-electron chi connectivity index (χ2n) is 7.11. The lowest BCUT2D eigenvalue weighted by Gasteiger charge is -2.36. The van der Waals surface area contributed by atoms with Crippen LogP contribution in [0.4, 0.5) is 11.4 Å². The van der Waals surface area contributed by atoms with Crippen LogP contribution in [-0.2, 0) is 9.59 Å². The summed E-state index contributed by atoms with van der Waals surface area (Å²) in [5, 5.41) is 22.8. The minimum Gasteiger partial charge on any atom is -0.285 e. The standard InChI is InChI=1S/C21H16N4O6S/c1-3-22-19(26)18(20(27)23(4-2)21(22)32)17-14-8-6-11(24(28)29)9-15(14)13-7-5-12(25(30)31)10-16(13)17/h5-10H,3-4H2,1-2H3. The van der Waals surface area contributed by atoms with Gasteiger partial charge in [-0.2, -0.15) is 0 Å². The molecule has 0 unspecified atom stereocenters. The zero-order valence-electron chi connectivity index (χ0n) is 17.0. The lowest BCUT2D eigenvalue weighted by molar-refractivity contribution is -0.385. The van der Waals surface area contributed by atoms with Crippen molar-refractivity contribution in [3.63, 3.8) is 0 Å². The highest BCUT2D eigenvalue weighted by atomic mass is 32.1. The molecule has 0 N–H and O–H groups in total. The molecular formula is C21H16N4O6S. The highest BCUT2D eigenvalue weighted by molar-refractivity contribution is 7.80. The van der Waals surface area contributed by atoms with Crippen LogP contribution in [0.1, 0.15) is 25.0 Å². The number of nitrogens with zero attached hydrogens (tertiary/aromatic N) is 4. The maximum Gasteiger partial charge on any atom is 0.270 e. The largest absolute Gasteiger partial charge is 0.285 e. The third kappa shape index (κ3) is 2.97. The summed E-state index contributed by atoms with van der Waals surface area (Å²) in [6.45, 7) is 3.90. The summed E-state index contributed by atoms with van der Waals surface area (Å²) < 4.78 is 0. The highest BCUT2D eigenvalue weighted by Crippen LogP contribution is 2.48. The quantitative estimate of drug-likeness (QED) is 0.195. The molecule has 0 spiro atoms. The van der Waals surface area contributed by atoms with Gasteiger partial charge in [-0.25, -0.2) is 0 Å². The Morgan fingerprint density at radius 1 is 0.750 bits per heavy atom. The Kier molecular flexibility index (Phi) is 5.05. The molecule has 1 heterocycles. The number of likely N-dealkylation sites (N-methyl/N-ethyl adjacent to an activating group) is 2. The Bertz CT molecular complexity index is 1260. The van der Waals surface area contributed by atoms with Gasteiger partial charge in [0, 0.05) is 42.9 Å². The van der Waals surface area contributed by atoms with Crippen molar-refractivity contribution in [1.82, 2.24) is 9.80 Å². The van der Waals surface area contributed by atoms with Crippen molar-refractivity contribution in [3.05, 3.63) is 73.3 Å². The Labute approximate surface area is 187 Å². The van der Waals surface area contributed by atoms with Crippen LogP contribution >= 0.6 is 12.2 Å². The molecule has 0 aromatic heterocycles. The zero-order chi connectivity index (χ0) is 23.3. The molecule has 10 nitrogen and oxygen atoms in total. The smallest absolute Gasteiger partial charge is 0.270 e. The summed E-state index contributed by atoms with van der Waals surface area (Å²) in [7, 11) is 0. The van der Waals surface area contributed by atoms with Gasteiger partial charge in [-0.05, 0) is 60.5 Å². The summed E-state index contributed by atoms with van der Waals surface area (Å²) in [4.78, 5) is 50.8. The second kappa shape index (κ2) is 7.61. The molecule has 1 aliphatic heterocycles. The first kappa shape index (κ1) is 21.2. The van der Waals surface area contributed by atoms with E-state index in [1.165, 1.54) is 46.2 Å². The monoisotopic (exact) mass is 452 g/mol. The molecule has 0 saturated carbocycles. The average Bonchev–Trinajstić information content (AvgIpc) is 3.07. The van der Waals surface area contributed by atoms with Crippen LogP contribution in [-0.4, -0.2) is 49.7 Å². The van der Waals surface area contributed by atoms with Crippen molar-refractivity contribution in [1.29, 1.82) is 0 Å². The van der Waals surface area contributed by atoms with E-state index in [0.29, 0.717) is 22.3 Å². The van der Waals surface area contributed by atoms with Crippen LogP contribution in [0.5, 0.6) is 0 Å². The van der Waals surface area contributed by atoms with E-state index < -0.39 is 21.7 Å². The first-order valence-electron chi connectivity index (χ1n) is 9.71. The minimum atomic E-state index is -0.606. The topological polar surface area (TPSA) is 127 Å². The molecule has 0 radical (unpaired) electrons. The zero-order valence-corrected chi connectivity index (χ0v) is 17.8. The van der Waals surface area contributed by atoms with Gasteiger partial charge in [0.05, 0.1) is 9.85 Å². The molecule has 1 aliphatic carbocycles. The predicted octanol–water partition coefficient (Wildman–Crippen LogP) is 3.28. The summed E-state index contributed by atoms with van der Waals surface area (Å²) in [5.41, 5.74) is 1.25. The number of non-ortho nitro benzene ring substituents is 2. The van der Waals surface area contributed by atoms with E-state index in [-0.39, 0.29) is 40.7 Å². The van der Waals surface area contributed by atoms with Gasteiger partial charge < -0.3 is 0 Å². The lowest BCUT2D eigenvalue weighted by atomic mass is 9.94. The van der Waals surface area contributed by atoms with Crippen molar-refractivity contribution >= 4 is 46.1 Å². The van der Waals surface area contributed by atoms with Crippen molar-refractivity contribution in [2.75, 3.05) is 13.1 Å². The third-order valence-electron chi connectivity index (χ3n) is 5.52. The fraction of sp³-hybridized carbons (Fsp3) is 0.190. The van der Waals surface area contributed by atoms with E-state index in [9.17, 15) is 29.8 Å². The fourth-order valence-electron chi connectivity index (χ4n) is 4.04. The lowest BCUT2D eigenvalue weighted by Crippen LogP contribution is -2.56. The molecule has 0 bridgehead atoms. The molecule has 2 aliphatic rings. The number of hydrogen-bond donors (Lipinski definition) is 0. The molecule has 162 valence electrons. The molecule has 2 aromatic carbocycles. The fourth-order valence-corrected chi connectivity index (χ4v) is 4.47. The van der Waals surface area contributed by atoms with Crippen molar-refractivity contribution in [2.24, 2.45) is 0 Å². The first-order valence-corrected chi connectivity index (χ1v) is 10.1. The Balaban J connectivity index is 2.09. The maximum atomic E-state index is 13.3. The summed E-state index contributed by atoms with van der Waals surface area (Å²) in [6.07, 6.45) is 0. The van der Waals surface area contributed by atoms with Crippen molar-refractivity contribution < 1.29 is 19.4 Å². The van der Waals surface area contributed by atoms with Gasteiger partial charge in [0.2, 0.25) is 0 Å². The normalized spacial score (nSPS) is 15.2. The molecular weight excluding hydrogens is 436 g/mol. The summed E-state index contributed by atoms with van der Waals surface area (Å²) >= 11 is 5.31. The van der Waals surface area contributed by atoms with Gasteiger partial charge >= 0.3 is 0 Å². The summed E-state index contributed by atoms with van der Waals surface area (Å²) in [5.74, 6) is -1.21. The molecule has 2 amide bonds. The molecule has 2 aromatic rings. The highest BCUT2D eigenvalue weighted by Gasteiger charge is 2.42. The van der Waals surface area contributed by atoms with Gasteiger partial charge in [0.15, 0.2) is 5.11 Å². The number of carbonyl (C=O) groups excluding carboxylic acids is 2. The second-order valence-corrected chi connectivity index (χ2v) is 7.47. The van der Waals surface area contributed by atoms with Gasteiger partial charge in [-0.3, -0.25) is 39.6 Å². The number of nitro groups is 2. The molecule has 11 heteroatoms. The number of fused-ring (bicyclic) bond motifs is 3. The number of carbonyl (C=O) groups is 2. The summed E-state index contributed by atoms with van der Waals surface area (Å²) in [6, 6.07) is 8.11. The number of benzene rings is 2. The van der Waals surface area contributed by atoms with E-state index in [1.807, 2.05) is 0 Å². The molecule has 0 atom stereocenters. The van der Waals surface area contributed by atoms with Gasteiger partial charge in [0.25, 0.3) is 23.2 Å². The van der Waals surface area contributed by atoms with Crippen LogP contribution in [0.25, 0.3) is 16.7 Å². The average molecular weight is 452 g/mol. The predicted molar refractivity (Wildman–Crippen MR) is 119 cm³/mol. The van der Waals surface area contributed by atoms with E-state index in [0.717, 1.165) is 0 Å². The van der Waals surface area contributed by atoms with Crippen LogP contribution in [0, 0.1) is 20.2 Å². The first-order chi connectivity index (χ1) is 15.2. The minimum absolute atomic E-state index is 0.0931. The van der Waals surface area contributed by atoms with Gasteiger partial charge in [-0.15, -0.1) is 0 Å². The Morgan fingerprint density at radius 2 is 1.22 bits per heavy atom. The van der Waals surface area contributed by atoms with Crippen molar-refractivity contribution in [2.45, 2.75) is 13.8 Å². The van der Waals surface area contributed by atoms with Gasteiger partial charge in [-0.1, -0.05) is 0 Å². The molecule has 32 heavy (non-hydrogen) atoms. The Morgan fingerprint density at radius 3 is 1.69 bits per heavy atom. The Hall–Kier alpha value is -3.99. The number of thiocarbonyl (C=S) groups is 1. The van der Waals surface area contributed by atoms with E-state index in [4.69, 9.17) is 12.2 Å². The third-order valence-corrected chi connectivity index (χ3v) is 5.96. The van der Waals surface area contributed by atoms with Gasteiger partial charge in [0.1, 0.15) is 5.57 Å². The van der Waals surface area contributed by atoms with E-state index >= 15 is 0 Å². The van der Waals surface area contributed by atoms with Crippen LogP contribution in [0.2, 0.25) is 0 Å². The number of nitro benzene ring substituents is 2.